The van der Waals surface area contributed by atoms with Gasteiger partial charge in [-0.25, -0.2) is 4.79 Å². The molecule has 0 unspecified atom stereocenters. The Bertz CT molecular complexity index is 250. The van der Waals surface area contributed by atoms with E-state index in [4.69, 9.17) is 0 Å². The molecule has 0 heterocycles. The van der Waals surface area contributed by atoms with Crippen molar-refractivity contribution >= 4 is 5.91 Å². The Labute approximate surface area is 114 Å². The molecule has 0 aromatic carbocycles. The van der Waals surface area contributed by atoms with Gasteiger partial charge in [0.05, 0.1) is 21.1 Å². The molecule has 0 atom stereocenters. The minimum atomic E-state index is 0.165. The Morgan fingerprint density at radius 3 is 1.78 bits per heavy atom. The summed E-state index contributed by atoms with van der Waals surface area (Å²) < 4.78 is 0.357. The van der Waals surface area contributed by atoms with E-state index in [2.05, 4.69) is 13.5 Å². The lowest BCUT2D eigenvalue weighted by atomic mass is 10.0. The SMILES string of the molecule is C=C(CCCCCCCCCC)C(=O)[N+](C)(C)C. The lowest BCUT2D eigenvalue weighted by molar-refractivity contribution is -0.789. The molecule has 0 fully saturated rings. The summed E-state index contributed by atoms with van der Waals surface area (Å²) in [5.41, 5.74) is 0.786. The van der Waals surface area contributed by atoms with Gasteiger partial charge in [-0.2, -0.15) is 0 Å². The van der Waals surface area contributed by atoms with E-state index in [0.29, 0.717) is 4.48 Å². The first kappa shape index (κ1) is 17.4. The maximum atomic E-state index is 11.9. The van der Waals surface area contributed by atoms with Crippen LogP contribution in [0.15, 0.2) is 12.2 Å². The Morgan fingerprint density at radius 2 is 1.33 bits per heavy atom. The van der Waals surface area contributed by atoms with E-state index in [-0.39, 0.29) is 5.91 Å². The van der Waals surface area contributed by atoms with Crippen LogP contribution in [-0.4, -0.2) is 31.5 Å². The molecule has 0 aliphatic carbocycles. The van der Waals surface area contributed by atoms with Crippen LogP contribution < -0.4 is 0 Å². The first-order valence-corrected chi connectivity index (χ1v) is 7.43. The highest BCUT2D eigenvalue weighted by atomic mass is 16.2. The summed E-state index contributed by atoms with van der Waals surface area (Å²) in [4.78, 5) is 11.9. The summed E-state index contributed by atoms with van der Waals surface area (Å²) in [5.74, 6) is 0.165. The third kappa shape index (κ3) is 8.46. The predicted octanol–water partition coefficient (Wildman–Crippen LogP) is 4.31. The molecule has 0 aromatic heterocycles. The molecule has 0 aliphatic heterocycles. The fourth-order valence-corrected chi connectivity index (χ4v) is 2.05. The summed E-state index contributed by atoms with van der Waals surface area (Å²) in [6.45, 7) is 6.16. The molecular weight excluding hydrogens is 222 g/mol. The van der Waals surface area contributed by atoms with Gasteiger partial charge < -0.3 is 0 Å². The molecule has 2 nitrogen and oxygen atoms in total. The molecular formula is C16H32NO+. The predicted molar refractivity (Wildman–Crippen MR) is 79.4 cm³/mol. The van der Waals surface area contributed by atoms with Crippen molar-refractivity contribution in [1.29, 1.82) is 0 Å². The maximum Gasteiger partial charge on any atom is 0.340 e. The van der Waals surface area contributed by atoms with Gasteiger partial charge in [0.25, 0.3) is 0 Å². The molecule has 0 saturated heterocycles. The van der Waals surface area contributed by atoms with Gasteiger partial charge in [0.15, 0.2) is 0 Å². The summed E-state index contributed by atoms with van der Waals surface area (Å²) in [5, 5.41) is 0. The summed E-state index contributed by atoms with van der Waals surface area (Å²) in [6.07, 6.45) is 11.3. The third-order valence-electron chi connectivity index (χ3n) is 3.24. The van der Waals surface area contributed by atoms with Crippen LogP contribution in [0.5, 0.6) is 0 Å². The smallest absolute Gasteiger partial charge is 0.264 e. The zero-order valence-corrected chi connectivity index (χ0v) is 12.9. The number of hydrogen-bond acceptors (Lipinski definition) is 1. The van der Waals surface area contributed by atoms with Crippen molar-refractivity contribution in [2.45, 2.75) is 64.7 Å². The largest absolute Gasteiger partial charge is 0.340 e. The average Bonchev–Trinajstić information content (AvgIpc) is 2.30. The highest BCUT2D eigenvalue weighted by Crippen LogP contribution is 2.14. The number of unbranched alkanes of at least 4 members (excludes halogenated alkanes) is 7. The van der Waals surface area contributed by atoms with Crippen LogP contribution in [0.25, 0.3) is 0 Å². The van der Waals surface area contributed by atoms with Gasteiger partial charge in [-0.3, -0.25) is 4.48 Å². The summed E-state index contributed by atoms with van der Waals surface area (Å²) in [6, 6.07) is 0. The second-order valence-electron chi connectivity index (χ2n) is 6.15. The Kier molecular flexibility index (Phi) is 8.99. The van der Waals surface area contributed by atoms with Crippen LogP contribution in [0, 0.1) is 0 Å². The molecule has 0 spiro atoms. The normalized spacial score (nSPS) is 11.6. The Hall–Kier alpha value is -0.630. The van der Waals surface area contributed by atoms with Gasteiger partial charge in [0.2, 0.25) is 0 Å². The van der Waals surface area contributed by atoms with Gasteiger partial charge in [0.1, 0.15) is 0 Å². The van der Waals surface area contributed by atoms with Crippen molar-refractivity contribution < 1.29 is 9.28 Å². The molecule has 0 bridgehead atoms. The van der Waals surface area contributed by atoms with Gasteiger partial charge in [-0.1, -0.05) is 58.4 Å². The first-order chi connectivity index (χ1) is 8.39. The fraction of sp³-hybridized carbons (Fsp3) is 0.812. The molecule has 0 rings (SSSR count). The number of rotatable bonds is 10. The van der Waals surface area contributed by atoms with Crippen LogP contribution in [-0.2, 0) is 4.79 Å². The quantitative estimate of drug-likeness (QED) is 0.322. The number of quaternary nitrogens is 1. The average molecular weight is 254 g/mol. The van der Waals surface area contributed by atoms with Gasteiger partial charge in [-0.05, 0) is 12.8 Å². The number of carbonyl (C=O) groups is 1. The highest BCUT2D eigenvalue weighted by Gasteiger charge is 2.22. The van der Waals surface area contributed by atoms with E-state index in [9.17, 15) is 4.79 Å². The molecule has 0 aliphatic rings. The molecule has 2 heteroatoms. The van der Waals surface area contributed by atoms with E-state index >= 15 is 0 Å². The second-order valence-corrected chi connectivity index (χ2v) is 6.15. The minimum Gasteiger partial charge on any atom is -0.264 e. The second kappa shape index (κ2) is 9.32. The van der Waals surface area contributed by atoms with Crippen LogP contribution in [0.4, 0.5) is 0 Å². The molecule has 106 valence electrons. The molecule has 1 amide bonds. The zero-order chi connectivity index (χ0) is 14.0. The number of amides is 1. The summed E-state index contributed by atoms with van der Waals surface area (Å²) in [7, 11) is 5.71. The number of nitrogens with zero attached hydrogens (tertiary/aromatic N) is 1. The number of carbonyl (C=O) groups excluding carboxylic acids is 1. The van der Waals surface area contributed by atoms with Gasteiger partial charge in [-0.15, -0.1) is 0 Å². The van der Waals surface area contributed by atoms with E-state index in [1.165, 1.54) is 44.9 Å². The van der Waals surface area contributed by atoms with Gasteiger partial charge >= 0.3 is 5.91 Å². The van der Waals surface area contributed by atoms with Gasteiger partial charge in [0, 0.05) is 5.57 Å². The Morgan fingerprint density at radius 1 is 0.889 bits per heavy atom. The Balaban J connectivity index is 3.50. The molecule has 0 N–H and O–H groups in total. The molecule has 0 aromatic rings. The van der Waals surface area contributed by atoms with Crippen molar-refractivity contribution in [1.82, 2.24) is 0 Å². The monoisotopic (exact) mass is 254 g/mol. The first-order valence-electron chi connectivity index (χ1n) is 7.43. The van der Waals surface area contributed by atoms with Crippen LogP contribution in [0.2, 0.25) is 0 Å². The van der Waals surface area contributed by atoms with E-state index < -0.39 is 0 Å². The fourth-order valence-electron chi connectivity index (χ4n) is 2.05. The topological polar surface area (TPSA) is 17.1 Å². The van der Waals surface area contributed by atoms with E-state index in [1.54, 1.807) is 0 Å². The number of likely N-dealkylation sites (N-methyl/N-ethyl adjacent to an activating group) is 1. The molecule has 18 heavy (non-hydrogen) atoms. The van der Waals surface area contributed by atoms with Crippen molar-refractivity contribution in [2.75, 3.05) is 21.1 Å². The molecule has 0 radical (unpaired) electrons. The standard InChI is InChI=1S/C16H32NO/c1-6-7-8-9-10-11-12-13-14-15(2)16(18)17(3,4)5/h2,6-14H2,1,3-5H3/q+1. The van der Waals surface area contributed by atoms with Crippen LogP contribution in [0.1, 0.15) is 64.7 Å². The van der Waals surface area contributed by atoms with E-state index in [1.807, 2.05) is 21.1 Å². The summed E-state index contributed by atoms with van der Waals surface area (Å²) >= 11 is 0. The lowest BCUT2D eigenvalue weighted by Gasteiger charge is -2.21. The zero-order valence-electron chi connectivity index (χ0n) is 12.9. The maximum absolute atomic E-state index is 11.9. The number of hydrogen-bond donors (Lipinski definition) is 0. The lowest BCUT2D eigenvalue weighted by Crippen LogP contribution is -2.41. The van der Waals surface area contributed by atoms with Crippen molar-refractivity contribution in [3.63, 3.8) is 0 Å². The highest BCUT2D eigenvalue weighted by molar-refractivity contribution is 5.86. The van der Waals surface area contributed by atoms with E-state index in [0.717, 1.165) is 18.4 Å². The molecule has 0 saturated carbocycles. The van der Waals surface area contributed by atoms with Crippen LogP contribution >= 0.6 is 0 Å². The minimum absolute atomic E-state index is 0.165. The van der Waals surface area contributed by atoms with Crippen molar-refractivity contribution in [3.05, 3.63) is 12.2 Å². The van der Waals surface area contributed by atoms with Crippen LogP contribution in [0.3, 0.4) is 0 Å². The van der Waals surface area contributed by atoms with Crippen molar-refractivity contribution in [3.8, 4) is 0 Å². The van der Waals surface area contributed by atoms with Crippen molar-refractivity contribution in [2.24, 2.45) is 0 Å². The third-order valence-corrected chi connectivity index (χ3v) is 3.24.